The summed E-state index contributed by atoms with van der Waals surface area (Å²) < 4.78 is 0. The first kappa shape index (κ1) is 19.9. The number of aliphatic carboxylic acids is 1. The maximum atomic E-state index is 12.0. The zero-order chi connectivity index (χ0) is 16.3. The van der Waals surface area contributed by atoms with Crippen molar-refractivity contribution in [2.45, 2.75) is 85.1 Å². The van der Waals surface area contributed by atoms with Crippen molar-refractivity contribution in [1.29, 1.82) is 0 Å². The van der Waals surface area contributed by atoms with Crippen molar-refractivity contribution in [3.8, 4) is 0 Å². The van der Waals surface area contributed by atoms with E-state index < -0.39 is 11.9 Å². The SMILES string of the molecule is CCCCCCCC(=O)NC(CC(C)C)CC(C)C(=O)O. The van der Waals surface area contributed by atoms with Gasteiger partial charge in [0.15, 0.2) is 0 Å². The molecule has 0 saturated heterocycles. The lowest BCUT2D eigenvalue weighted by atomic mass is 9.94. The number of carboxylic acid groups (broad SMARTS) is 1. The fourth-order valence-electron chi connectivity index (χ4n) is 2.50. The van der Waals surface area contributed by atoms with Crippen LogP contribution in [0, 0.1) is 11.8 Å². The third kappa shape index (κ3) is 11.3. The van der Waals surface area contributed by atoms with Crippen LogP contribution in [0.25, 0.3) is 0 Å². The van der Waals surface area contributed by atoms with E-state index in [0.29, 0.717) is 18.8 Å². The smallest absolute Gasteiger partial charge is 0.306 e. The zero-order valence-electron chi connectivity index (χ0n) is 14.2. The lowest BCUT2D eigenvalue weighted by Crippen LogP contribution is -2.37. The summed E-state index contributed by atoms with van der Waals surface area (Å²) in [5, 5.41) is 12.0. The molecule has 124 valence electrons. The van der Waals surface area contributed by atoms with Crippen molar-refractivity contribution in [3.05, 3.63) is 0 Å². The van der Waals surface area contributed by atoms with Crippen LogP contribution in [0.5, 0.6) is 0 Å². The number of hydrogen-bond donors (Lipinski definition) is 2. The van der Waals surface area contributed by atoms with Gasteiger partial charge in [-0.25, -0.2) is 0 Å². The van der Waals surface area contributed by atoms with Crippen molar-refractivity contribution >= 4 is 11.9 Å². The molecule has 0 spiro atoms. The van der Waals surface area contributed by atoms with Gasteiger partial charge < -0.3 is 10.4 Å². The second kappa shape index (κ2) is 11.6. The molecule has 21 heavy (non-hydrogen) atoms. The van der Waals surface area contributed by atoms with Gasteiger partial charge in [0.05, 0.1) is 5.92 Å². The number of unbranched alkanes of at least 4 members (excludes halogenated alkanes) is 4. The molecule has 0 heterocycles. The van der Waals surface area contributed by atoms with Gasteiger partial charge in [-0.05, 0) is 25.2 Å². The maximum Gasteiger partial charge on any atom is 0.306 e. The first-order chi connectivity index (χ1) is 9.86. The number of rotatable bonds is 12. The van der Waals surface area contributed by atoms with Gasteiger partial charge in [-0.2, -0.15) is 0 Å². The predicted molar refractivity (Wildman–Crippen MR) is 86.2 cm³/mol. The normalized spacial score (nSPS) is 14.0. The van der Waals surface area contributed by atoms with Crippen LogP contribution in [0.1, 0.15) is 79.1 Å². The fraction of sp³-hybridized carbons (Fsp3) is 0.882. The number of carbonyl (C=O) groups is 2. The second-order valence-corrected chi connectivity index (χ2v) is 6.53. The first-order valence-electron chi connectivity index (χ1n) is 8.38. The van der Waals surface area contributed by atoms with Crippen molar-refractivity contribution in [2.75, 3.05) is 0 Å². The summed E-state index contributed by atoms with van der Waals surface area (Å²) in [5.74, 6) is -0.702. The van der Waals surface area contributed by atoms with Gasteiger partial charge in [0, 0.05) is 12.5 Å². The van der Waals surface area contributed by atoms with Gasteiger partial charge in [-0.3, -0.25) is 9.59 Å². The minimum atomic E-state index is -0.794. The third-order valence-electron chi connectivity index (χ3n) is 3.69. The van der Waals surface area contributed by atoms with Gasteiger partial charge in [0.2, 0.25) is 5.91 Å². The van der Waals surface area contributed by atoms with Crippen LogP contribution in [-0.4, -0.2) is 23.0 Å². The van der Waals surface area contributed by atoms with Crippen LogP contribution >= 0.6 is 0 Å². The Morgan fingerprint density at radius 1 is 1.00 bits per heavy atom. The van der Waals surface area contributed by atoms with Crippen molar-refractivity contribution in [2.24, 2.45) is 11.8 Å². The Kier molecular flexibility index (Phi) is 11.0. The molecule has 0 aliphatic rings. The second-order valence-electron chi connectivity index (χ2n) is 6.53. The Morgan fingerprint density at radius 2 is 1.62 bits per heavy atom. The van der Waals surface area contributed by atoms with Gasteiger partial charge in [0.1, 0.15) is 0 Å². The lowest BCUT2D eigenvalue weighted by molar-refractivity contribution is -0.141. The Morgan fingerprint density at radius 3 is 2.14 bits per heavy atom. The summed E-state index contributed by atoms with van der Waals surface area (Å²) in [6, 6.07) is -0.0285. The molecule has 2 atom stereocenters. The average Bonchev–Trinajstić information content (AvgIpc) is 2.37. The summed E-state index contributed by atoms with van der Waals surface area (Å²) in [5.41, 5.74) is 0. The van der Waals surface area contributed by atoms with Crippen molar-refractivity contribution in [3.63, 3.8) is 0 Å². The van der Waals surface area contributed by atoms with Crippen LogP contribution in [0.15, 0.2) is 0 Å². The molecular formula is C17H33NO3. The van der Waals surface area contributed by atoms with E-state index in [2.05, 4.69) is 26.1 Å². The molecular weight excluding hydrogens is 266 g/mol. The number of carbonyl (C=O) groups excluding carboxylic acids is 1. The summed E-state index contributed by atoms with van der Waals surface area (Å²) in [6.45, 7) is 8.06. The highest BCUT2D eigenvalue weighted by Crippen LogP contribution is 2.14. The summed E-state index contributed by atoms with van der Waals surface area (Å²) >= 11 is 0. The molecule has 2 N–H and O–H groups in total. The Hall–Kier alpha value is -1.06. The number of nitrogens with one attached hydrogen (secondary N) is 1. The quantitative estimate of drug-likeness (QED) is 0.535. The lowest BCUT2D eigenvalue weighted by Gasteiger charge is -2.22. The highest BCUT2D eigenvalue weighted by atomic mass is 16.4. The zero-order valence-corrected chi connectivity index (χ0v) is 14.2. The largest absolute Gasteiger partial charge is 0.481 e. The maximum absolute atomic E-state index is 12.0. The molecule has 0 aromatic heterocycles. The Bertz CT molecular complexity index is 302. The highest BCUT2D eigenvalue weighted by molar-refractivity contribution is 5.76. The van der Waals surface area contributed by atoms with Gasteiger partial charge >= 0.3 is 5.97 Å². The van der Waals surface area contributed by atoms with Crippen LogP contribution in [0.2, 0.25) is 0 Å². The minimum absolute atomic E-state index is 0.0285. The monoisotopic (exact) mass is 299 g/mol. The van der Waals surface area contributed by atoms with E-state index in [1.165, 1.54) is 19.3 Å². The molecule has 4 nitrogen and oxygen atoms in total. The van der Waals surface area contributed by atoms with Gasteiger partial charge in [-0.15, -0.1) is 0 Å². The average molecular weight is 299 g/mol. The van der Waals surface area contributed by atoms with E-state index in [0.717, 1.165) is 19.3 Å². The number of carboxylic acids is 1. The standard InChI is InChI=1S/C17H33NO3/c1-5-6-7-8-9-10-16(19)18-15(11-13(2)3)12-14(4)17(20)21/h13-15H,5-12H2,1-4H3,(H,18,19)(H,20,21). The molecule has 1 amide bonds. The van der Waals surface area contributed by atoms with Crippen LogP contribution in [0.4, 0.5) is 0 Å². The predicted octanol–water partition coefficient (Wildman–Crippen LogP) is 3.99. The fourth-order valence-corrected chi connectivity index (χ4v) is 2.50. The van der Waals surface area contributed by atoms with E-state index in [1.807, 2.05) is 0 Å². The molecule has 0 fully saturated rings. The topological polar surface area (TPSA) is 66.4 Å². The molecule has 0 rings (SSSR count). The van der Waals surface area contributed by atoms with E-state index in [9.17, 15) is 9.59 Å². The molecule has 0 saturated carbocycles. The van der Waals surface area contributed by atoms with E-state index >= 15 is 0 Å². The van der Waals surface area contributed by atoms with Crippen LogP contribution < -0.4 is 5.32 Å². The summed E-state index contributed by atoms with van der Waals surface area (Å²) in [7, 11) is 0. The van der Waals surface area contributed by atoms with Crippen molar-refractivity contribution in [1.82, 2.24) is 5.32 Å². The number of hydrogen-bond acceptors (Lipinski definition) is 2. The highest BCUT2D eigenvalue weighted by Gasteiger charge is 2.20. The molecule has 0 radical (unpaired) electrons. The Balaban J connectivity index is 4.13. The molecule has 0 aliphatic carbocycles. The molecule has 0 aromatic carbocycles. The molecule has 2 unspecified atom stereocenters. The molecule has 4 heteroatoms. The van der Waals surface area contributed by atoms with E-state index in [4.69, 9.17) is 5.11 Å². The van der Waals surface area contributed by atoms with Gasteiger partial charge in [-0.1, -0.05) is 53.4 Å². The molecule has 0 aliphatic heterocycles. The first-order valence-corrected chi connectivity index (χ1v) is 8.38. The van der Waals surface area contributed by atoms with Crippen LogP contribution in [-0.2, 0) is 9.59 Å². The van der Waals surface area contributed by atoms with Crippen LogP contribution in [0.3, 0.4) is 0 Å². The van der Waals surface area contributed by atoms with Crippen molar-refractivity contribution < 1.29 is 14.7 Å². The summed E-state index contributed by atoms with van der Waals surface area (Å²) in [4.78, 5) is 22.9. The molecule has 0 aromatic rings. The van der Waals surface area contributed by atoms with E-state index in [1.54, 1.807) is 6.92 Å². The van der Waals surface area contributed by atoms with E-state index in [-0.39, 0.29) is 11.9 Å². The third-order valence-corrected chi connectivity index (χ3v) is 3.69. The molecule has 0 bridgehead atoms. The number of amides is 1. The Labute approximate surface area is 129 Å². The van der Waals surface area contributed by atoms with Gasteiger partial charge in [0.25, 0.3) is 0 Å². The minimum Gasteiger partial charge on any atom is -0.481 e. The summed E-state index contributed by atoms with van der Waals surface area (Å²) in [6.07, 6.45) is 7.54.